The summed E-state index contributed by atoms with van der Waals surface area (Å²) in [5.41, 5.74) is 2.31. The molecule has 0 N–H and O–H groups in total. The first-order valence-corrected chi connectivity index (χ1v) is 11.3. The molecule has 0 bridgehead atoms. The summed E-state index contributed by atoms with van der Waals surface area (Å²) in [5, 5.41) is 0. The predicted octanol–water partition coefficient (Wildman–Crippen LogP) is 3.81. The van der Waals surface area contributed by atoms with Crippen LogP contribution >= 0.6 is 0 Å². The highest BCUT2D eigenvalue weighted by molar-refractivity contribution is 7.89. The average Bonchev–Trinajstić information content (AvgIpc) is 3.49. The lowest BCUT2D eigenvalue weighted by Crippen LogP contribution is -2.48. The van der Waals surface area contributed by atoms with E-state index < -0.39 is 10.0 Å². The minimum atomic E-state index is -3.42. The standard InChI is InChI=1S/C22H28N2O2S/c1-18-6-5-9-22(16-18)27(25,26)24(20-10-11-20)21-12-14-23(15-13-21)17-19-7-3-2-4-8-19/h2-9,16,20-21H,10-15,17H2,1H3. The molecule has 0 unspecified atom stereocenters. The average molecular weight is 385 g/mol. The summed E-state index contributed by atoms with van der Waals surface area (Å²) in [5.74, 6) is 0. The van der Waals surface area contributed by atoms with Gasteiger partial charge in [-0.2, -0.15) is 4.31 Å². The van der Waals surface area contributed by atoms with E-state index in [1.54, 1.807) is 12.1 Å². The van der Waals surface area contributed by atoms with Crippen molar-refractivity contribution in [1.29, 1.82) is 0 Å². The molecule has 1 aliphatic carbocycles. The van der Waals surface area contributed by atoms with Gasteiger partial charge in [0.05, 0.1) is 4.90 Å². The fraction of sp³-hybridized carbons (Fsp3) is 0.455. The van der Waals surface area contributed by atoms with Crippen molar-refractivity contribution in [3.63, 3.8) is 0 Å². The second-order valence-electron chi connectivity index (χ2n) is 7.88. The zero-order valence-corrected chi connectivity index (χ0v) is 16.7. The summed E-state index contributed by atoms with van der Waals surface area (Å²) in [7, 11) is -3.42. The van der Waals surface area contributed by atoms with Crippen molar-refractivity contribution >= 4 is 10.0 Å². The molecule has 0 atom stereocenters. The van der Waals surface area contributed by atoms with E-state index in [9.17, 15) is 8.42 Å². The molecular weight excluding hydrogens is 356 g/mol. The van der Waals surface area contributed by atoms with Crippen LogP contribution in [-0.2, 0) is 16.6 Å². The lowest BCUT2D eigenvalue weighted by molar-refractivity contribution is 0.150. The normalized spacial score (nSPS) is 19.5. The van der Waals surface area contributed by atoms with Gasteiger partial charge in [-0.1, -0.05) is 42.5 Å². The Bertz CT molecular complexity index is 870. The summed E-state index contributed by atoms with van der Waals surface area (Å²) >= 11 is 0. The second kappa shape index (κ2) is 7.74. The van der Waals surface area contributed by atoms with Crippen LogP contribution < -0.4 is 0 Å². The molecule has 1 saturated carbocycles. The Hall–Kier alpha value is -1.69. The van der Waals surface area contributed by atoms with Gasteiger partial charge in [0.15, 0.2) is 0 Å². The maximum absolute atomic E-state index is 13.4. The van der Waals surface area contributed by atoms with Crippen LogP contribution in [0.25, 0.3) is 0 Å². The largest absolute Gasteiger partial charge is 0.299 e. The third-order valence-corrected chi connectivity index (χ3v) is 7.64. The van der Waals surface area contributed by atoms with Crippen molar-refractivity contribution in [1.82, 2.24) is 9.21 Å². The molecule has 5 heteroatoms. The maximum Gasteiger partial charge on any atom is 0.243 e. The minimum Gasteiger partial charge on any atom is -0.299 e. The summed E-state index contributed by atoms with van der Waals surface area (Å²) in [6.07, 6.45) is 3.81. The number of likely N-dealkylation sites (tertiary alicyclic amines) is 1. The van der Waals surface area contributed by atoms with Gasteiger partial charge in [0.25, 0.3) is 0 Å². The SMILES string of the molecule is Cc1cccc(S(=O)(=O)N(C2CC2)C2CCN(Cc3ccccc3)CC2)c1. The summed E-state index contributed by atoms with van der Waals surface area (Å²) in [6.45, 7) is 4.79. The molecule has 2 aliphatic rings. The Morgan fingerprint density at radius 2 is 1.59 bits per heavy atom. The van der Waals surface area contributed by atoms with Crippen molar-refractivity contribution in [3.8, 4) is 0 Å². The fourth-order valence-corrected chi connectivity index (χ4v) is 6.13. The zero-order valence-electron chi connectivity index (χ0n) is 15.9. The van der Waals surface area contributed by atoms with Crippen molar-refractivity contribution in [2.75, 3.05) is 13.1 Å². The van der Waals surface area contributed by atoms with E-state index in [1.165, 1.54) is 5.56 Å². The molecule has 2 aromatic rings. The van der Waals surface area contributed by atoms with Crippen LogP contribution in [0.4, 0.5) is 0 Å². The molecule has 0 aromatic heterocycles. The van der Waals surface area contributed by atoms with E-state index >= 15 is 0 Å². The molecule has 1 aliphatic heterocycles. The number of hydrogen-bond donors (Lipinski definition) is 0. The Kier molecular flexibility index (Phi) is 5.35. The van der Waals surface area contributed by atoms with E-state index in [-0.39, 0.29) is 12.1 Å². The molecule has 4 rings (SSSR count). The van der Waals surface area contributed by atoms with Gasteiger partial charge in [-0.05, 0) is 55.9 Å². The number of aryl methyl sites for hydroxylation is 1. The van der Waals surface area contributed by atoms with Gasteiger partial charge in [0.1, 0.15) is 0 Å². The van der Waals surface area contributed by atoms with Crippen molar-refractivity contribution in [2.45, 2.75) is 56.1 Å². The Morgan fingerprint density at radius 3 is 2.22 bits per heavy atom. The molecule has 0 spiro atoms. The lowest BCUT2D eigenvalue weighted by Gasteiger charge is -2.38. The van der Waals surface area contributed by atoms with Crippen LogP contribution in [0.2, 0.25) is 0 Å². The summed E-state index contributed by atoms with van der Waals surface area (Å²) in [4.78, 5) is 2.89. The first-order chi connectivity index (χ1) is 13.0. The molecule has 0 amide bonds. The van der Waals surface area contributed by atoms with Crippen molar-refractivity contribution < 1.29 is 8.42 Å². The molecule has 144 valence electrons. The maximum atomic E-state index is 13.4. The monoisotopic (exact) mass is 384 g/mol. The van der Waals surface area contributed by atoms with Gasteiger partial charge in [0.2, 0.25) is 10.0 Å². The third kappa shape index (κ3) is 4.26. The molecule has 4 nitrogen and oxygen atoms in total. The first-order valence-electron chi connectivity index (χ1n) is 9.90. The van der Waals surface area contributed by atoms with Crippen LogP contribution in [-0.4, -0.2) is 42.8 Å². The molecule has 1 heterocycles. The quantitative estimate of drug-likeness (QED) is 0.760. The smallest absolute Gasteiger partial charge is 0.243 e. The lowest BCUT2D eigenvalue weighted by atomic mass is 10.0. The van der Waals surface area contributed by atoms with Crippen LogP contribution in [0.1, 0.15) is 36.8 Å². The van der Waals surface area contributed by atoms with Gasteiger partial charge in [0, 0.05) is 31.7 Å². The molecule has 27 heavy (non-hydrogen) atoms. The Balaban J connectivity index is 1.46. The van der Waals surface area contributed by atoms with E-state index in [0.717, 1.165) is 50.9 Å². The van der Waals surface area contributed by atoms with Gasteiger partial charge >= 0.3 is 0 Å². The topological polar surface area (TPSA) is 40.6 Å². The van der Waals surface area contributed by atoms with E-state index in [1.807, 2.05) is 29.4 Å². The highest BCUT2D eigenvalue weighted by Crippen LogP contribution is 2.37. The number of benzene rings is 2. The van der Waals surface area contributed by atoms with Crippen LogP contribution in [0, 0.1) is 6.92 Å². The van der Waals surface area contributed by atoms with Gasteiger partial charge < -0.3 is 0 Å². The molecular formula is C22H28N2O2S. The fourth-order valence-electron chi connectivity index (χ4n) is 4.09. The highest BCUT2D eigenvalue weighted by Gasteiger charge is 2.43. The number of nitrogens with zero attached hydrogens (tertiary/aromatic N) is 2. The van der Waals surface area contributed by atoms with E-state index in [0.29, 0.717) is 4.90 Å². The second-order valence-corrected chi connectivity index (χ2v) is 9.72. The number of rotatable bonds is 6. The van der Waals surface area contributed by atoms with Crippen LogP contribution in [0.5, 0.6) is 0 Å². The summed E-state index contributed by atoms with van der Waals surface area (Å²) < 4.78 is 28.5. The Morgan fingerprint density at radius 1 is 0.926 bits per heavy atom. The van der Waals surface area contributed by atoms with Gasteiger partial charge in [-0.15, -0.1) is 0 Å². The minimum absolute atomic E-state index is 0.120. The summed E-state index contributed by atoms with van der Waals surface area (Å²) in [6, 6.07) is 18.2. The third-order valence-electron chi connectivity index (χ3n) is 5.64. The molecule has 1 saturated heterocycles. The van der Waals surface area contributed by atoms with E-state index in [2.05, 4.69) is 29.2 Å². The van der Waals surface area contributed by atoms with E-state index in [4.69, 9.17) is 0 Å². The first kappa shape index (κ1) is 18.7. The van der Waals surface area contributed by atoms with Crippen LogP contribution in [0.15, 0.2) is 59.5 Å². The number of sulfonamides is 1. The zero-order chi connectivity index (χ0) is 18.9. The van der Waals surface area contributed by atoms with Crippen molar-refractivity contribution in [3.05, 3.63) is 65.7 Å². The van der Waals surface area contributed by atoms with Gasteiger partial charge in [-0.25, -0.2) is 8.42 Å². The number of hydrogen-bond acceptors (Lipinski definition) is 3. The van der Waals surface area contributed by atoms with Crippen molar-refractivity contribution in [2.24, 2.45) is 0 Å². The number of piperidine rings is 1. The van der Waals surface area contributed by atoms with Gasteiger partial charge in [-0.3, -0.25) is 4.90 Å². The van der Waals surface area contributed by atoms with Crippen LogP contribution in [0.3, 0.4) is 0 Å². The Labute approximate surface area is 162 Å². The molecule has 2 aromatic carbocycles. The predicted molar refractivity (Wildman–Crippen MR) is 108 cm³/mol. The molecule has 2 fully saturated rings. The highest BCUT2D eigenvalue weighted by atomic mass is 32.2. The molecule has 0 radical (unpaired) electrons.